The van der Waals surface area contributed by atoms with E-state index in [-0.39, 0.29) is 29.5 Å². The number of ether oxygens (including phenoxy) is 1. The predicted molar refractivity (Wildman–Crippen MR) is 90.4 cm³/mol. The van der Waals surface area contributed by atoms with Crippen LogP contribution in [0.4, 0.5) is 5.69 Å². The molecular formula is C17H19N3O6. The summed E-state index contributed by atoms with van der Waals surface area (Å²) in [4.78, 5) is 35.1. The molecule has 0 bridgehead atoms. The molecule has 0 spiro atoms. The van der Waals surface area contributed by atoms with Gasteiger partial charge in [0.05, 0.1) is 34.7 Å². The lowest BCUT2D eigenvalue weighted by Gasteiger charge is -2.18. The molecule has 1 N–H and O–H groups in total. The summed E-state index contributed by atoms with van der Waals surface area (Å²) in [6.07, 6.45) is -0.608. The number of amides is 1. The molecule has 1 amide bonds. The van der Waals surface area contributed by atoms with Crippen LogP contribution in [0.5, 0.6) is 0 Å². The summed E-state index contributed by atoms with van der Waals surface area (Å²) in [7, 11) is 0. The Morgan fingerprint density at radius 1 is 1.35 bits per heavy atom. The zero-order chi connectivity index (χ0) is 19.3. The van der Waals surface area contributed by atoms with Crippen molar-refractivity contribution in [3.8, 4) is 0 Å². The van der Waals surface area contributed by atoms with E-state index in [0.717, 1.165) is 0 Å². The van der Waals surface area contributed by atoms with Crippen molar-refractivity contribution in [3.63, 3.8) is 0 Å². The Hall–Kier alpha value is -3.23. The van der Waals surface area contributed by atoms with Gasteiger partial charge in [0.25, 0.3) is 11.6 Å². The number of benzene rings is 1. The highest BCUT2D eigenvalue weighted by atomic mass is 16.6. The topological polar surface area (TPSA) is 125 Å². The van der Waals surface area contributed by atoms with Crippen LogP contribution in [0.2, 0.25) is 0 Å². The maximum atomic E-state index is 12.4. The van der Waals surface area contributed by atoms with E-state index in [1.54, 1.807) is 26.8 Å². The second-order valence-corrected chi connectivity index (χ2v) is 5.92. The van der Waals surface area contributed by atoms with Crippen LogP contribution < -0.4 is 5.32 Å². The van der Waals surface area contributed by atoms with E-state index in [9.17, 15) is 19.7 Å². The van der Waals surface area contributed by atoms with Crippen LogP contribution in [-0.2, 0) is 9.53 Å². The van der Waals surface area contributed by atoms with Crippen LogP contribution in [0, 0.1) is 17.0 Å². The molecular weight excluding hydrogens is 342 g/mol. The molecule has 1 heterocycles. The van der Waals surface area contributed by atoms with E-state index in [2.05, 4.69) is 10.5 Å². The first kappa shape index (κ1) is 19.1. The molecule has 0 fully saturated rings. The molecule has 0 saturated carbocycles. The van der Waals surface area contributed by atoms with Gasteiger partial charge in [-0.25, -0.2) is 0 Å². The van der Waals surface area contributed by atoms with Gasteiger partial charge in [-0.2, -0.15) is 0 Å². The van der Waals surface area contributed by atoms with Gasteiger partial charge in [-0.1, -0.05) is 23.4 Å². The molecule has 1 aromatic heterocycles. The maximum Gasteiger partial charge on any atom is 0.308 e. The monoisotopic (exact) mass is 361 g/mol. The number of hydrogen-bond donors (Lipinski definition) is 1. The highest BCUT2D eigenvalue weighted by Crippen LogP contribution is 2.28. The minimum Gasteiger partial charge on any atom is -0.463 e. The molecule has 0 radical (unpaired) electrons. The molecule has 0 aliphatic carbocycles. The average molecular weight is 361 g/mol. The second kappa shape index (κ2) is 8.24. The zero-order valence-electron chi connectivity index (χ0n) is 14.6. The number of aromatic nitrogens is 1. The fourth-order valence-electron chi connectivity index (χ4n) is 2.36. The SMILES string of the molecule is Cc1cc(C(=O)N[C@@H](CC(=O)OC(C)C)c2ccccc2[N+](=O)[O-])on1. The predicted octanol–water partition coefficient (Wildman–Crippen LogP) is 2.70. The number of carbonyl (C=O) groups is 2. The third kappa shape index (κ3) is 4.88. The number of para-hydroxylation sites is 1. The van der Waals surface area contributed by atoms with Gasteiger partial charge >= 0.3 is 5.97 Å². The minimum absolute atomic E-state index is 0.0525. The normalized spacial score (nSPS) is 11.8. The van der Waals surface area contributed by atoms with Crippen molar-refractivity contribution in [2.75, 3.05) is 0 Å². The Morgan fingerprint density at radius 2 is 2.04 bits per heavy atom. The van der Waals surface area contributed by atoms with E-state index in [4.69, 9.17) is 9.26 Å². The molecule has 1 aromatic carbocycles. The van der Waals surface area contributed by atoms with Crippen molar-refractivity contribution in [2.24, 2.45) is 0 Å². The van der Waals surface area contributed by atoms with Crippen LogP contribution in [0.3, 0.4) is 0 Å². The van der Waals surface area contributed by atoms with Crippen molar-refractivity contribution in [1.29, 1.82) is 0 Å². The number of nitro groups is 1. The number of nitrogens with zero attached hydrogens (tertiary/aromatic N) is 2. The minimum atomic E-state index is -0.958. The molecule has 0 saturated heterocycles. The summed E-state index contributed by atoms with van der Waals surface area (Å²) in [5, 5.41) is 17.5. The first-order valence-electron chi connectivity index (χ1n) is 7.95. The van der Waals surface area contributed by atoms with Crippen molar-refractivity contribution < 1.29 is 23.8 Å². The first-order chi connectivity index (χ1) is 12.3. The molecule has 2 aromatic rings. The van der Waals surface area contributed by atoms with Crippen LogP contribution in [0.1, 0.15) is 48.1 Å². The third-order valence-electron chi connectivity index (χ3n) is 3.40. The first-order valence-corrected chi connectivity index (χ1v) is 7.95. The van der Waals surface area contributed by atoms with Crippen LogP contribution >= 0.6 is 0 Å². The number of carbonyl (C=O) groups excluding carboxylic acids is 2. The van der Waals surface area contributed by atoms with Crippen molar-refractivity contribution in [2.45, 2.75) is 39.3 Å². The van der Waals surface area contributed by atoms with E-state index in [1.165, 1.54) is 24.3 Å². The van der Waals surface area contributed by atoms with Gasteiger partial charge in [-0.05, 0) is 20.8 Å². The van der Waals surface area contributed by atoms with Crippen molar-refractivity contribution in [1.82, 2.24) is 10.5 Å². The maximum absolute atomic E-state index is 12.4. The summed E-state index contributed by atoms with van der Waals surface area (Å²) in [6.45, 7) is 5.03. The number of rotatable bonds is 7. The fourth-order valence-corrected chi connectivity index (χ4v) is 2.36. The lowest BCUT2D eigenvalue weighted by Crippen LogP contribution is -2.31. The molecule has 0 aliphatic heterocycles. The van der Waals surface area contributed by atoms with Gasteiger partial charge in [0.15, 0.2) is 0 Å². The molecule has 26 heavy (non-hydrogen) atoms. The third-order valence-corrected chi connectivity index (χ3v) is 3.40. The molecule has 0 aliphatic rings. The van der Waals surface area contributed by atoms with E-state index in [0.29, 0.717) is 5.69 Å². The summed E-state index contributed by atoms with van der Waals surface area (Å²) in [5.74, 6) is -1.27. The lowest BCUT2D eigenvalue weighted by atomic mass is 10.0. The van der Waals surface area contributed by atoms with Gasteiger partial charge in [-0.15, -0.1) is 0 Å². The molecule has 1 atom stereocenters. The fraction of sp³-hybridized carbons (Fsp3) is 0.353. The lowest BCUT2D eigenvalue weighted by molar-refractivity contribution is -0.385. The van der Waals surface area contributed by atoms with Crippen molar-refractivity contribution >= 4 is 17.6 Å². The van der Waals surface area contributed by atoms with Crippen LogP contribution in [0.15, 0.2) is 34.9 Å². The number of hydrogen-bond acceptors (Lipinski definition) is 7. The summed E-state index contributed by atoms with van der Waals surface area (Å²) >= 11 is 0. The van der Waals surface area contributed by atoms with Crippen molar-refractivity contribution in [3.05, 3.63) is 57.5 Å². The number of aryl methyl sites for hydroxylation is 1. The second-order valence-electron chi connectivity index (χ2n) is 5.92. The number of esters is 1. The van der Waals surface area contributed by atoms with Gasteiger partial charge in [0.1, 0.15) is 0 Å². The van der Waals surface area contributed by atoms with E-state index in [1.807, 2.05) is 0 Å². The largest absolute Gasteiger partial charge is 0.463 e. The van der Waals surface area contributed by atoms with E-state index < -0.39 is 22.8 Å². The van der Waals surface area contributed by atoms with Gasteiger partial charge in [-0.3, -0.25) is 19.7 Å². The molecule has 9 heteroatoms. The highest BCUT2D eigenvalue weighted by molar-refractivity contribution is 5.92. The van der Waals surface area contributed by atoms with Gasteiger partial charge < -0.3 is 14.6 Å². The molecule has 138 valence electrons. The summed E-state index contributed by atoms with van der Waals surface area (Å²) in [5.41, 5.74) is 0.503. The van der Waals surface area contributed by atoms with Crippen LogP contribution in [-0.4, -0.2) is 28.1 Å². The zero-order valence-corrected chi connectivity index (χ0v) is 14.6. The quantitative estimate of drug-likeness (QED) is 0.456. The van der Waals surface area contributed by atoms with Gasteiger partial charge in [0.2, 0.25) is 5.76 Å². The van der Waals surface area contributed by atoms with Gasteiger partial charge in [0, 0.05) is 12.1 Å². The Morgan fingerprint density at radius 3 is 2.62 bits per heavy atom. The number of nitrogens with one attached hydrogen (secondary N) is 1. The number of nitro benzene ring substituents is 1. The summed E-state index contributed by atoms with van der Waals surface area (Å²) in [6, 6.07) is 6.36. The smallest absolute Gasteiger partial charge is 0.308 e. The Labute approximate surface area is 149 Å². The standard InChI is InChI=1S/C17H19N3O6/c1-10(2)25-16(21)9-13(12-6-4-5-7-14(12)20(23)24)18-17(22)15-8-11(3)19-26-15/h4-8,10,13H,9H2,1-3H3,(H,18,22)/t13-/m0/s1. The van der Waals surface area contributed by atoms with Crippen LogP contribution in [0.25, 0.3) is 0 Å². The summed E-state index contributed by atoms with van der Waals surface area (Å²) < 4.78 is 10.00. The molecule has 9 nitrogen and oxygen atoms in total. The highest BCUT2D eigenvalue weighted by Gasteiger charge is 2.27. The average Bonchev–Trinajstić information content (AvgIpc) is 3.00. The Kier molecular flexibility index (Phi) is 6.05. The van der Waals surface area contributed by atoms with E-state index >= 15 is 0 Å². The molecule has 0 unspecified atom stereocenters. The Balaban J connectivity index is 2.31. The molecule has 2 rings (SSSR count). The Bertz CT molecular complexity index is 814.